The molecule has 0 unspecified atom stereocenters. The minimum absolute atomic E-state index is 0.0820. The van der Waals surface area contributed by atoms with Crippen molar-refractivity contribution in [1.29, 1.82) is 0 Å². The maximum Gasteiger partial charge on any atom is 0.120 e. The molecule has 0 heterocycles. The predicted molar refractivity (Wildman–Crippen MR) is 87.8 cm³/mol. The maximum absolute atomic E-state index is 5.78. The van der Waals surface area contributed by atoms with E-state index in [0.717, 1.165) is 28.1 Å². The highest BCUT2D eigenvalue weighted by molar-refractivity contribution is 9.10. The van der Waals surface area contributed by atoms with Gasteiger partial charge >= 0.3 is 0 Å². The summed E-state index contributed by atoms with van der Waals surface area (Å²) < 4.78 is 10.3. The number of halogens is 1. The molecule has 19 heavy (non-hydrogen) atoms. The minimum Gasteiger partial charge on any atom is -0.494 e. The molecule has 0 radical (unpaired) electrons. The van der Waals surface area contributed by atoms with Gasteiger partial charge in [-0.15, -0.1) is 0 Å². The monoisotopic (exact) mass is 345 g/mol. The SMILES string of the molecule is CC(C)CCOc1ccc(Br)c(SNC(C)(C)C)c1. The van der Waals surface area contributed by atoms with Crippen LogP contribution >= 0.6 is 27.9 Å². The van der Waals surface area contributed by atoms with Crippen molar-refractivity contribution in [3.8, 4) is 5.75 Å². The molecule has 0 fully saturated rings. The number of nitrogens with one attached hydrogen (secondary N) is 1. The summed E-state index contributed by atoms with van der Waals surface area (Å²) in [7, 11) is 0. The van der Waals surface area contributed by atoms with Gasteiger partial charge < -0.3 is 4.74 Å². The highest BCUT2D eigenvalue weighted by atomic mass is 79.9. The van der Waals surface area contributed by atoms with Gasteiger partial charge in [-0.3, -0.25) is 4.72 Å². The maximum atomic E-state index is 5.78. The van der Waals surface area contributed by atoms with E-state index in [0.29, 0.717) is 5.92 Å². The quantitative estimate of drug-likeness (QED) is 0.709. The number of benzene rings is 1. The molecule has 0 spiro atoms. The molecule has 0 aromatic heterocycles. The van der Waals surface area contributed by atoms with Crippen molar-refractivity contribution in [3.05, 3.63) is 22.7 Å². The average molecular weight is 346 g/mol. The van der Waals surface area contributed by atoms with Crippen LogP contribution in [-0.2, 0) is 0 Å². The van der Waals surface area contributed by atoms with Crippen LogP contribution in [0.25, 0.3) is 0 Å². The van der Waals surface area contributed by atoms with Gasteiger partial charge in [0, 0.05) is 14.9 Å². The van der Waals surface area contributed by atoms with Crippen molar-refractivity contribution in [2.45, 2.75) is 51.5 Å². The smallest absolute Gasteiger partial charge is 0.120 e. The van der Waals surface area contributed by atoms with Crippen LogP contribution < -0.4 is 9.46 Å². The van der Waals surface area contributed by atoms with Crippen LogP contribution in [0, 0.1) is 5.92 Å². The van der Waals surface area contributed by atoms with Crippen molar-refractivity contribution in [2.75, 3.05) is 6.61 Å². The molecular weight excluding hydrogens is 322 g/mol. The summed E-state index contributed by atoms with van der Waals surface area (Å²) in [4.78, 5) is 1.15. The second-order valence-corrected chi connectivity index (χ2v) is 7.78. The fourth-order valence-electron chi connectivity index (χ4n) is 1.27. The molecule has 0 atom stereocenters. The van der Waals surface area contributed by atoms with Gasteiger partial charge in [0.1, 0.15) is 5.75 Å². The van der Waals surface area contributed by atoms with Gasteiger partial charge in [0.2, 0.25) is 0 Å². The Morgan fingerprint density at radius 2 is 2.00 bits per heavy atom. The second-order valence-electron chi connectivity index (χ2n) is 6.08. The highest BCUT2D eigenvalue weighted by Gasteiger charge is 2.11. The van der Waals surface area contributed by atoms with E-state index in [1.165, 1.54) is 0 Å². The van der Waals surface area contributed by atoms with E-state index in [2.05, 4.69) is 61.3 Å². The largest absolute Gasteiger partial charge is 0.494 e. The standard InChI is InChI=1S/C15H24BrNOS/c1-11(2)8-9-18-12-6-7-13(16)14(10-12)19-17-15(3,4)5/h6-7,10-11,17H,8-9H2,1-5H3. The lowest BCUT2D eigenvalue weighted by molar-refractivity contribution is 0.289. The molecule has 0 bridgehead atoms. The summed E-state index contributed by atoms with van der Waals surface area (Å²) in [6.45, 7) is 11.6. The van der Waals surface area contributed by atoms with Crippen LogP contribution in [0.15, 0.2) is 27.6 Å². The Bertz CT molecular complexity index is 402. The lowest BCUT2D eigenvalue weighted by Crippen LogP contribution is -2.29. The van der Waals surface area contributed by atoms with Gasteiger partial charge in [-0.25, -0.2) is 0 Å². The number of hydrogen-bond donors (Lipinski definition) is 1. The lowest BCUT2D eigenvalue weighted by atomic mass is 10.1. The van der Waals surface area contributed by atoms with Gasteiger partial charge in [-0.05, 0) is 79.2 Å². The zero-order valence-corrected chi connectivity index (χ0v) is 14.8. The van der Waals surface area contributed by atoms with E-state index >= 15 is 0 Å². The molecule has 1 rings (SSSR count). The summed E-state index contributed by atoms with van der Waals surface area (Å²) in [6.07, 6.45) is 1.08. The van der Waals surface area contributed by atoms with E-state index in [1.807, 2.05) is 12.1 Å². The van der Waals surface area contributed by atoms with Gasteiger partial charge in [0.05, 0.1) is 6.61 Å². The summed E-state index contributed by atoms with van der Waals surface area (Å²) in [6, 6.07) is 6.12. The van der Waals surface area contributed by atoms with Crippen LogP contribution in [-0.4, -0.2) is 12.1 Å². The third-order valence-corrected chi connectivity index (χ3v) is 4.56. The minimum atomic E-state index is 0.0820. The fraction of sp³-hybridized carbons (Fsp3) is 0.600. The molecule has 1 aromatic carbocycles. The normalized spacial score (nSPS) is 11.9. The molecule has 4 heteroatoms. The molecule has 1 aromatic rings. The van der Waals surface area contributed by atoms with E-state index in [1.54, 1.807) is 11.9 Å². The molecule has 0 aliphatic heterocycles. The van der Waals surface area contributed by atoms with Gasteiger partial charge in [-0.1, -0.05) is 13.8 Å². The molecule has 1 N–H and O–H groups in total. The number of rotatable bonds is 6. The number of hydrogen-bond acceptors (Lipinski definition) is 3. The summed E-state index contributed by atoms with van der Waals surface area (Å²) in [5, 5.41) is 0. The van der Waals surface area contributed by atoms with Crippen LogP contribution in [0.3, 0.4) is 0 Å². The molecule has 0 saturated carbocycles. The Hall–Kier alpha value is -0.190. The fourth-order valence-corrected chi connectivity index (χ4v) is 2.52. The van der Waals surface area contributed by atoms with E-state index in [-0.39, 0.29) is 5.54 Å². The van der Waals surface area contributed by atoms with E-state index in [9.17, 15) is 0 Å². The number of ether oxygens (including phenoxy) is 1. The third-order valence-electron chi connectivity index (χ3n) is 2.33. The first-order chi connectivity index (χ1) is 8.78. The van der Waals surface area contributed by atoms with Crippen LogP contribution in [0.1, 0.15) is 41.0 Å². The van der Waals surface area contributed by atoms with Gasteiger partial charge in [0.15, 0.2) is 0 Å². The van der Waals surface area contributed by atoms with E-state index < -0.39 is 0 Å². The lowest BCUT2D eigenvalue weighted by Gasteiger charge is -2.20. The summed E-state index contributed by atoms with van der Waals surface area (Å²) in [5.41, 5.74) is 0.0820. The van der Waals surface area contributed by atoms with Crippen LogP contribution in [0.4, 0.5) is 0 Å². The Kier molecular flexibility index (Phi) is 6.71. The molecule has 0 amide bonds. The van der Waals surface area contributed by atoms with Crippen molar-refractivity contribution in [3.63, 3.8) is 0 Å². The van der Waals surface area contributed by atoms with Crippen molar-refractivity contribution in [2.24, 2.45) is 5.92 Å². The first-order valence-corrected chi connectivity index (χ1v) is 8.25. The van der Waals surface area contributed by atoms with Gasteiger partial charge in [-0.2, -0.15) is 0 Å². The second kappa shape index (κ2) is 7.55. The predicted octanol–water partition coefficient (Wildman–Crippen LogP) is 5.27. The Labute approximate surface area is 130 Å². The van der Waals surface area contributed by atoms with Crippen molar-refractivity contribution < 1.29 is 4.74 Å². The van der Waals surface area contributed by atoms with E-state index in [4.69, 9.17) is 4.74 Å². The Morgan fingerprint density at radius 1 is 1.32 bits per heavy atom. The Morgan fingerprint density at radius 3 is 2.58 bits per heavy atom. The Balaban J connectivity index is 2.61. The zero-order chi connectivity index (χ0) is 14.5. The molecule has 0 aliphatic rings. The van der Waals surface area contributed by atoms with Crippen molar-refractivity contribution >= 4 is 27.9 Å². The first-order valence-electron chi connectivity index (χ1n) is 6.64. The highest BCUT2D eigenvalue weighted by Crippen LogP contribution is 2.30. The van der Waals surface area contributed by atoms with Crippen LogP contribution in [0.2, 0.25) is 0 Å². The summed E-state index contributed by atoms with van der Waals surface area (Å²) >= 11 is 5.20. The third kappa shape index (κ3) is 7.23. The first kappa shape index (κ1) is 16.9. The topological polar surface area (TPSA) is 21.3 Å². The van der Waals surface area contributed by atoms with Gasteiger partial charge in [0.25, 0.3) is 0 Å². The average Bonchev–Trinajstić information content (AvgIpc) is 2.28. The van der Waals surface area contributed by atoms with Crippen molar-refractivity contribution in [1.82, 2.24) is 4.72 Å². The molecule has 2 nitrogen and oxygen atoms in total. The molecule has 0 aliphatic carbocycles. The zero-order valence-electron chi connectivity index (χ0n) is 12.4. The van der Waals surface area contributed by atoms with Crippen LogP contribution in [0.5, 0.6) is 5.75 Å². The summed E-state index contributed by atoms with van der Waals surface area (Å²) in [5.74, 6) is 1.61. The molecule has 0 saturated heterocycles. The molecule has 108 valence electrons. The molecular formula is C15H24BrNOS.